The van der Waals surface area contributed by atoms with Crippen molar-refractivity contribution in [2.24, 2.45) is 0 Å². The summed E-state index contributed by atoms with van der Waals surface area (Å²) in [5, 5.41) is 0. The van der Waals surface area contributed by atoms with Gasteiger partial charge >= 0.3 is 36.5 Å². The first-order valence-electron chi connectivity index (χ1n) is 5.65. The van der Waals surface area contributed by atoms with E-state index < -0.39 is 57.8 Å². The maximum absolute atomic E-state index is 13.7. The topological polar surface area (TPSA) is 52.6 Å². The first-order chi connectivity index (χ1) is 11.4. The zero-order chi connectivity index (χ0) is 22.3. The molecule has 0 bridgehead atoms. The third kappa shape index (κ3) is 6.67. The molecule has 0 radical (unpaired) electrons. The molecule has 0 aromatic heterocycles. The van der Waals surface area contributed by atoms with Crippen molar-refractivity contribution in [3.63, 3.8) is 0 Å². The summed E-state index contributed by atoms with van der Waals surface area (Å²) < 4.78 is 188. The molecular formula is C8H4ClF13O4S. The molecule has 0 rings (SSSR count). The van der Waals surface area contributed by atoms with Gasteiger partial charge < -0.3 is 0 Å². The molecule has 4 nitrogen and oxygen atoms in total. The Hall–Kier alpha value is -0.750. The van der Waals surface area contributed by atoms with Crippen LogP contribution in [-0.2, 0) is 18.5 Å². The van der Waals surface area contributed by atoms with Crippen LogP contribution >= 0.6 is 10.7 Å². The van der Waals surface area contributed by atoms with Crippen molar-refractivity contribution in [2.75, 3.05) is 5.75 Å². The smallest absolute Gasteiger partial charge is 0.270 e. The molecule has 0 spiro atoms. The number of ether oxygens (including phenoxy) is 2. The molecule has 0 aliphatic heterocycles. The molecule has 0 aliphatic rings. The van der Waals surface area contributed by atoms with Crippen molar-refractivity contribution >= 4 is 19.7 Å². The fourth-order valence-electron chi connectivity index (χ4n) is 1.21. The normalized spacial score (nSPS) is 19.5. The van der Waals surface area contributed by atoms with Crippen LogP contribution in [0.2, 0.25) is 0 Å². The lowest BCUT2D eigenvalue weighted by Gasteiger charge is -2.38. The summed E-state index contributed by atoms with van der Waals surface area (Å²) in [6, 6.07) is 0. The molecule has 27 heavy (non-hydrogen) atoms. The van der Waals surface area contributed by atoms with Crippen LogP contribution in [-0.4, -0.2) is 50.7 Å². The fourth-order valence-corrected chi connectivity index (χ4v) is 1.95. The molecular weight excluding hydrogens is 475 g/mol. The van der Waals surface area contributed by atoms with Crippen molar-refractivity contribution in [3.05, 3.63) is 0 Å². The Bertz CT molecular complexity index is 626. The third-order valence-corrected chi connectivity index (χ3v) is 3.53. The minimum absolute atomic E-state index is 1.51. The van der Waals surface area contributed by atoms with Crippen LogP contribution in [0.3, 0.4) is 0 Å². The fraction of sp³-hybridized carbons (Fsp3) is 1.00. The second-order valence-electron chi connectivity index (χ2n) is 4.48. The summed E-state index contributed by atoms with van der Waals surface area (Å²) >= 11 is 0. The minimum Gasteiger partial charge on any atom is -0.270 e. The highest BCUT2D eigenvalue weighted by Crippen LogP contribution is 2.53. The largest absolute Gasteiger partial charge is 0.525 e. The van der Waals surface area contributed by atoms with Crippen molar-refractivity contribution in [2.45, 2.75) is 43.0 Å². The standard InChI is InChI=1S/C8H4ClF13O4S/c9-27(23,24)2-1-3(10,5(12,13)14)25-7(18,19)4(11,6(15,16)17)26-8(20,21)22/h1-2H2. The van der Waals surface area contributed by atoms with E-state index in [0.29, 0.717) is 0 Å². The number of alkyl halides is 13. The maximum Gasteiger partial charge on any atom is 0.525 e. The predicted molar refractivity (Wildman–Crippen MR) is 57.2 cm³/mol. The quantitative estimate of drug-likeness (QED) is 0.398. The number of hydrogen-bond acceptors (Lipinski definition) is 4. The van der Waals surface area contributed by atoms with Crippen LogP contribution in [0.25, 0.3) is 0 Å². The molecule has 0 aliphatic carbocycles. The van der Waals surface area contributed by atoms with Crippen LogP contribution in [0.1, 0.15) is 6.42 Å². The molecule has 19 heteroatoms. The Morgan fingerprint density at radius 2 is 1.11 bits per heavy atom. The van der Waals surface area contributed by atoms with Gasteiger partial charge in [-0.05, 0) is 0 Å². The molecule has 0 N–H and O–H groups in total. The zero-order valence-corrected chi connectivity index (χ0v) is 13.3. The second-order valence-corrected chi connectivity index (χ2v) is 7.38. The van der Waals surface area contributed by atoms with Crippen LogP contribution in [0.4, 0.5) is 57.1 Å². The molecule has 0 saturated heterocycles. The van der Waals surface area contributed by atoms with Gasteiger partial charge in [-0.1, -0.05) is 0 Å². The lowest BCUT2D eigenvalue weighted by Crippen LogP contribution is -2.64. The molecule has 0 amide bonds. The van der Waals surface area contributed by atoms with E-state index in [9.17, 15) is 65.5 Å². The van der Waals surface area contributed by atoms with E-state index in [2.05, 4.69) is 15.4 Å². The molecule has 0 aromatic carbocycles. The monoisotopic (exact) mass is 478 g/mol. The van der Waals surface area contributed by atoms with Gasteiger partial charge in [0.25, 0.3) is 0 Å². The van der Waals surface area contributed by atoms with Crippen molar-refractivity contribution in [3.8, 4) is 0 Å². The predicted octanol–water partition coefficient (Wildman–Crippen LogP) is 4.55. The van der Waals surface area contributed by atoms with Gasteiger partial charge in [-0.15, -0.1) is 13.2 Å². The van der Waals surface area contributed by atoms with Crippen molar-refractivity contribution < 1.29 is 75.0 Å². The van der Waals surface area contributed by atoms with Gasteiger partial charge in [0.1, 0.15) is 0 Å². The highest BCUT2D eigenvalue weighted by atomic mass is 35.7. The van der Waals surface area contributed by atoms with Gasteiger partial charge in [-0.2, -0.15) is 39.5 Å². The van der Waals surface area contributed by atoms with E-state index in [1.807, 2.05) is 0 Å². The first-order valence-corrected chi connectivity index (χ1v) is 8.13. The number of halogens is 14. The van der Waals surface area contributed by atoms with E-state index in [-0.39, 0.29) is 0 Å². The molecule has 0 saturated carbocycles. The Morgan fingerprint density at radius 3 is 1.37 bits per heavy atom. The molecule has 164 valence electrons. The van der Waals surface area contributed by atoms with E-state index in [1.165, 1.54) is 4.74 Å². The number of rotatable bonds is 7. The highest BCUT2D eigenvalue weighted by Gasteiger charge is 2.80. The summed E-state index contributed by atoms with van der Waals surface area (Å²) in [7, 11) is -0.708. The lowest BCUT2D eigenvalue weighted by molar-refractivity contribution is -0.543. The maximum atomic E-state index is 13.7. The van der Waals surface area contributed by atoms with Crippen molar-refractivity contribution in [1.82, 2.24) is 0 Å². The summed E-state index contributed by atoms with van der Waals surface area (Å²) in [4.78, 5) is 0. The molecule has 0 fully saturated rings. The number of hydrogen-bond donors (Lipinski definition) is 0. The Balaban J connectivity index is 6.17. The molecule has 0 heterocycles. The van der Waals surface area contributed by atoms with Crippen molar-refractivity contribution in [1.29, 1.82) is 0 Å². The van der Waals surface area contributed by atoms with Crippen LogP contribution in [0.15, 0.2) is 0 Å². The van der Waals surface area contributed by atoms with Gasteiger partial charge in [0.05, 0.1) is 5.75 Å². The van der Waals surface area contributed by atoms with Crippen LogP contribution in [0, 0.1) is 0 Å². The first kappa shape index (κ1) is 26.2. The molecule has 0 aromatic rings. The van der Waals surface area contributed by atoms with Gasteiger partial charge in [-0.3, -0.25) is 4.74 Å². The summed E-state index contributed by atoms with van der Waals surface area (Å²) in [5.41, 5.74) is 0. The average molecular weight is 479 g/mol. The molecule has 2 atom stereocenters. The van der Waals surface area contributed by atoms with Gasteiger partial charge in [0, 0.05) is 17.1 Å². The minimum atomic E-state index is -7.39. The van der Waals surface area contributed by atoms with E-state index >= 15 is 0 Å². The van der Waals surface area contributed by atoms with E-state index in [4.69, 9.17) is 0 Å². The zero-order valence-electron chi connectivity index (χ0n) is 11.7. The third-order valence-electron chi connectivity index (χ3n) is 2.38. The Labute approximate surface area is 144 Å². The highest BCUT2D eigenvalue weighted by molar-refractivity contribution is 8.13. The Morgan fingerprint density at radius 1 is 0.704 bits per heavy atom. The van der Waals surface area contributed by atoms with Gasteiger partial charge in [-0.25, -0.2) is 17.5 Å². The van der Waals surface area contributed by atoms with Gasteiger partial charge in [0.2, 0.25) is 9.05 Å². The lowest BCUT2D eigenvalue weighted by atomic mass is 10.2. The average Bonchev–Trinajstić information content (AvgIpc) is 2.30. The van der Waals surface area contributed by atoms with E-state index in [0.717, 1.165) is 0 Å². The second kappa shape index (κ2) is 7.25. The Kier molecular flexibility index (Phi) is 7.05. The summed E-state index contributed by atoms with van der Waals surface area (Å²) in [6.07, 6.45) is -31.1. The summed E-state index contributed by atoms with van der Waals surface area (Å²) in [5.74, 6) is -15.6. The summed E-state index contributed by atoms with van der Waals surface area (Å²) in [6.45, 7) is 0. The van der Waals surface area contributed by atoms with Crippen LogP contribution in [0.5, 0.6) is 0 Å². The van der Waals surface area contributed by atoms with Crippen LogP contribution < -0.4 is 0 Å². The SMILES string of the molecule is O=S(=O)(Cl)CCC(F)(OC(F)(F)C(F)(OC(F)(F)F)C(F)(F)F)C(F)(F)F. The molecule has 2 unspecified atom stereocenters. The van der Waals surface area contributed by atoms with Gasteiger partial charge in [0.15, 0.2) is 0 Å². The van der Waals surface area contributed by atoms with E-state index in [1.54, 1.807) is 0 Å².